The number of hydrogen-bond acceptors (Lipinski definition) is 3. The Morgan fingerprint density at radius 2 is 1.67 bits per heavy atom. The summed E-state index contributed by atoms with van der Waals surface area (Å²) in [6.45, 7) is 12.2. The molecule has 5 heteroatoms. The molecule has 1 aromatic carbocycles. The summed E-state index contributed by atoms with van der Waals surface area (Å²) in [4.78, 5) is 22.9. The third kappa shape index (κ3) is 4.29. The summed E-state index contributed by atoms with van der Waals surface area (Å²) in [7, 11) is 0. The summed E-state index contributed by atoms with van der Waals surface area (Å²) < 4.78 is 0. The van der Waals surface area contributed by atoms with E-state index in [4.69, 9.17) is 0 Å². The van der Waals surface area contributed by atoms with Gasteiger partial charge >= 0.3 is 0 Å². The Hall–Kier alpha value is -1.39. The molecular weight excluding hydrogens is 288 g/mol. The molecule has 1 amide bonds. The molecule has 0 unspecified atom stereocenters. The maximum Gasteiger partial charge on any atom is 0.296 e. The fraction of sp³-hybridized carbons (Fsp3) is 0.500. The average Bonchev–Trinajstić information content (AvgIpc) is 2.73. The standard InChI is InChI=1S/C12H13NO2.C4H11N.ClH/c1-4-8-5-6(2)10-9(7(8)3)11(14)12(15)13-10;1-3-5-4-2;/h5H,4H2,1-3H3,(H,13,14,15);5H,3-4H2,1-2H3;1H. The highest BCUT2D eigenvalue weighted by Gasteiger charge is 2.31. The number of rotatable bonds is 3. The Labute approximate surface area is 133 Å². The molecule has 0 bridgehead atoms. The number of fused-ring (bicyclic) bond motifs is 1. The number of hydrogen-bond donors (Lipinski definition) is 2. The molecule has 0 radical (unpaired) electrons. The van der Waals surface area contributed by atoms with Gasteiger partial charge in [0.15, 0.2) is 0 Å². The van der Waals surface area contributed by atoms with Crippen molar-refractivity contribution in [1.29, 1.82) is 0 Å². The highest BCUT2D eigenvalue weighted by Crippen LogP contribution is 2.32. The van der Waals surface area contributed by atoms with Crippen molar-refractivity contribution in [1.82, 2.24) is 5.32 Å². The molecule has 0 atom stereocenters. The maximum atomic E-state index is 11.6. The van der Waals surface area contributed by atoms with Crippen LogP contribution >= 0.6 is 12.4 Å². The van der Waals surface area contributed by atoms with Crippen LogP contribution in [0.3, 0.4) is 0 Å². The summed E-state index contributed by atoms with van der Waals surface area (Å²) in [5, 5.41) is 5.73. The molecular formula is C16H25ClN2O2. The SMILES string of the molecule is CCNCC.CCc1cc(C)c2c(c1C)C(=O)C(=O)N2.Cl. The molecule has 1 heterocycles. The Kier molecular flexibility index (Phi) is 8.22. The zero-order chi connectivity index (χ0) is 15.3. The minimum absolute atomic E-state index is 0. The van der Waals surface area contributed by atoms with Crippen molar-refractivity contribution in [3.05, 3.63) is 28.3 Å². The number of benzene rings is 1. The fourth-order valence-corrected chi connectivity index (χ4v) is 2.33. The molecule has 4 nitrogen and oxygen atoms in total. The number of ketones is 1. The summed E-state index contributed by atoms with van der Waals surface area (Å²) in [6.07, 6.45) is 0.876. The number of amides is 1. The van der Waals surface area contributed by atoms with Crippen LogP contribution in [0.15, 0.2) is 6.07 Å². The Morgan fingerprint density at radius 1 is 1.10 bits per heavy atom. The van der Waals surface area contributed by atoms with Gasteiger partial charge in [-0.15, -0.1) is 12.4 Å². The van der Waals surface area contributed by atoms with E-state index < -0.39 is 11.7 Å². The molecule has 2 rings (SSSR count). The summed E-state index contributed by atoms with van der Waals surface area (Å²) >= 11 is 0. The van der Waals surface area contributed by atoms with E-state index in [1.165, 1.54) is 0 Å². The van der Waals surface area contributed by atoms with E-state index in [2.05, 4.69) is 24.5 Å². The van der Waals surface area contributed by atoms with Crippen LogP contribution in [0.2, 0.25) is 0 Å². The molecule has 21 heavy (non-hydrogen) atoms. The minimum Gasteiger partial charge on any atom is -0.318 e. The van der Waals surface area contributed by atoms with Gasteiger partial charge in [-0.3, -0.25) is 9.59 Å². The first-order chi connectivity index (χ1) is 9.47. The van der Waals surface area contributed by atoms with Gasteiger partial charge < -0.3 is 10.6 Å². The van der Waals surface area contributed by atoms with Crippen molar-refractivity contribution >= 4 is 29.8 Å². The number of anilines is 1. The average molecular weight is 313 g/mol. The Bertz CT molecular complexity index is 525. The number of carbonyl (C=O) groups excluding carboxylic acids is 2. The van der Waals surface area contributed by atoms with E-state index in [0.29, 0.717) is 11.3 Å². The molecule has 0 aromatic heterocycles. The van der Waals surface area contributed by atoms with Crippen molar-refractivity contribution in [2.24, 2.45) is 0 Å². The van der Waals surface area contributed by atoms with Crippen molar-refractivity contribution in [2.75, 3.05) is 18.4 Å². The first kappa shape index (κ1) is 19.6. The molecule has 0 fully saturated rings. The highest BCUT2D eigenvalue weighted by atomic mass is 35.5. The largest absolute Gasteiger partial charge is 0.318 e. The number of Topliss-reactive ketones (excluding diaryl/α,β-unsaturated/α-hetero) is 1. The van der Waals surface area contributed by atoms with Gasteiger partial charge in [-0.1, -0.05) is 26.8 Å². The molecule has 1 aliphatic rings. The van der Waals surface area contributed by atoms with Crippen LogP contribution in [0, 0.1) is 13.8 Å². The smallest absolute Gasteiger partial charge is 0.296 e. The number of aryl methyl sites for hydroxylation is 2. The van der Waals surface area contributed by atoms with Gasteiger partial charge in [0.05, 0.1) is 11.3 Å². The maximum absolute atomic E-state index is 11.6. The van der Waals surface area contributed by atoms with Crippen LogP contribution in [0.5, 0.6) is 0 Å². The minimum atomic E-state index is -0.510. The van der Waals surface area contributed by atoms with E-state index in [1.54, 1.807) is 0 Å². The van der Waals surface area contributed by atoms with E-state index in [-0.39, 0.29) is 12.4 Å². The third-order valence-electron chi connectivity index (χ3n) is 3.44. The van der Waals surface area contributed by atoms with Crippen LogP contribution in [-0.2, 0) is 11.2 Å². The molecule has 0 aliphatic carbocycles. The lowest BCUT2D eigenvalue weighted by atomic mass is 9.95. The van der Waals surface area contributed by atoms with Crippen molar-refractivity contribution in [3.8, 4) is 0 Å². The van der Waals surface area contributed by atoms with Crippen LogP contribution in [0.1, 0.15) is 47.8 Å². The lowest BCUT2D eigenvalue weighted by molar-refractivity contribution is -0.112. The van der Waals surface area contributed by atoms with E-state index >= 15 is 0 Å². The number of carbonyl (C=O) groups is 2. The first-order valence-corrected chi connectivity index (χ1v) is 7.17. The predicted octanol–water partition coefficient (Wildman–Crippen LogP) is 3.04. The summed E-state index contributed by atoms with van der Waals surface area (Å²) in [5.74, 6) is -0.912. The molecule has 0 saturated carbocycles. The van der Waals surface area contributed by atoms with Gasteiger partial charge in [-0.2, -0.15) is 0 Å². The number of nitrogens with one attached hydrogen (secondary N) is 2. The molecule has 2 N–H and O–H groups in total. The van der Waals surface area contributed by atoms with Gasteiger partial charge in [0.2, 0.25) is 0 Å². The van der Waals surface area contributed by atoms with Gasteiger partial charge in [0, 0.05) is 0 Å². The molecule has 1 aliphatic heterocycles. The van der Waals surface area contributed by atoms with E-state index in [9.17, 15) is 9.59 Å². The van der Waals surface area contributed by atoms with Gasteiger partial charge in [0.25, 0.3) is 11.7 Å². The highest BCUT2D eigenvalue weighted by molar-refractivity contribution is 6.52. The predicted molar refractivity (Wildman–Crippen MR) is 89.7 cm³/mol. The van der Waals surface area contributed by atoms with Crippen LogP contribution < -0.4 is 10.6 Å². The van der Waals surface area contributed by atoms with Gasteiger partial charge in [-0.25, -0.2) is 0 Å². The van der Waals surface area contributed by atoms with Crippen molar-refractivity contribution in [3.63, 3.8) is 0 Å². The van der Waals surface area contributed by atoms with Gasteiger partial charge in [0.1, 0.15) is 0 Å². The zero-order valence-corrected chi connectivity index (χ0v) is 14.2. The normalized spacial score (nSPS) is 12.0. The van der Waals surface area contributed by atoms with E-state index in [0.717, 1.165) is 36.2 Å². The van der Waals surface area contributed by atoms with Crippen LogP contribution in [-0.4, -0.2) is 24.8 Å². The second-order valence-corrected chi connectivity index (χ2v) is 4.82. The lowest BCUT2D eigenvalue weighted by Gasteiger charge is -2.10. The van der Waals surface area contributed by atoms with Crippen LogP contribution in [0.4, 0.5) is 5.69 Å². The second kappa shape index (κ2) is 8.80. The van der Waals surface area contributed by atoms with Crippen LogP contribution in [0.25, 0.3) is 0 Å². The Balaban J connectivity index is 0.000000583. The lowest BCUT2D eigenvalue weighted by Crippen LogP contribution is -2.13. The van der Waals surface area contributed by atoms with E-state index in [1.807, 2.05) is 26.8 Å². The van der Waals surface area contributed by atoms with Crippen molar-refractivity contribution in [2.45, 2.75) is 41.0 Å². The van der Waals surface area contributed by atoms with Crippen molar-refractivity contribution < 1.29 is 9.59 Å². The molecule has 118 valence electrons. The summed E-state index contributed by atoms with van der Waals surface area (Å²) in [5.41, 5.74) is 4.29. The molecule has 0 spiro atoms. The summed E-state index contributed by atoms with van der Waals surface area (Å²) in [6, 6.07) is 2.03. The fourth-order valence-electron chi connectivity index (χ4n) is 2.33. The topological polar surface area (TPSA) is 58.2 Å². The molecule has 1 aromatic rings. The zero-order valence-electron chi connectivity index (χ0n) is 13.4. The quantitative estimate of drug-likeness (QED) is 0.843. The molecule has 0 saturated heterocycles. The third-order valence-corrected chi connectivity index (χ3v) is 3.44. The Morgan fingerprint density at radius 3 is 2.10 bits per heavy atom. The monoisotopic (exact) mass is 312 g/mol. The van der Waals surface area contributed by atoms with Gasteiger partial charge in [-0.05, 0) is 50.0 Å². The second-order valence-electron chi connectivity index (χ2n) is 4.82. The number of halogens is 1. The first-order valence-electron chi connectivity index (χ1n) is 7.17.